The Morgan fingerprint density at radius 1 is 1.50 bits per heavy atom. The Kier molecular flexibility index (Phi) is 1.24. The molecular formula is C7H7NOS. The molecule has 1 unspecified atom stereocenters. The molecule has 0 fully saturated rings. The van der Waals surface area contributed by atoms with Gasteiger partial charge in [-0.25, -0.2) is 0 Å². The highest BCUT2D eigenvalue weighted by atomic mass is 32.1. The maximum atomic E-state index is 5.13. The van der Waals surface area contributed by atoms with Gasteiger partial charge in [0.1, 0.15) is 6.26 Å². The highest BCUT2D eigenvalue weighted by Crippen LogP contribution is 2.21. The van der Waals surface area contributed by atoms with Crippen LogP contribution in [0.1, 0.15) is 0 Å². The molecule has 0 amide bonds. The molecule has 2 aliphatic rings. The minimum Gasteiger partial charge on any atom is -0.447 e. The van der Waals surface area contributed by atoms with Crippen LogP contribution >= 0.6 is 12.6 Å². The van der Waals surface area contributed by atoms with Gasteiger partial charge in [-0.05, 0) is 6.08 Å². The fraction of sp³-hybridized carbons (Fsp3) is 0.143. The van der Waals surface area contributed by atoms with E-state index in [0.717, 1.165) is 5.88 Å². The van der Waals surface area contributed by atoms with Crippen LogP contribution in [0.3, 0.4) is 0 Å². The normalized spacial score (nSPS) is 27.9. The SMILES string of the molecule is SC1C=CN2C=COC2=C1. The van der Waals surface area contributed by atoms with E-state index in [9.17, 15) is 0 Å². The van der Waals surface area contributed by atoms with E-state index < -0.39 is 0 Å². The summed E-state index contributed by atoms with van der Waals surface area (Å²) >= 11 is 4.25. The van der Waals surface area contributed by atoms with Crippen LogP contribution in [0.5, 0.6) is 0 Å². The summed E-state index contributed by atoms with van der Waals surface area (Å²) in [6.45, 7) is 0. The first-order chi connectivity index (χ1) is 4.86. The van der Waals surface area contributed by atoms with Gasteiger partial charge in [0.2, 0.25) is 5.88 Å². The first-order valence-corrected chi connectivity index (χ1v) is 3.58. The van der Waals surface area contributed by atoms with Crippen LogP contribution in [-0.4, -0.2) is 10.1 Å². The zero-order chi connectivity index (χ0) is 6.97. The first kappa shape index (κ1) is 5.92. The van der Waals surface area contributed by atoms with Crippen molar-refractivity contribution >= 4 is 12.6 Å². The van der Waals surface area contributed by atoms with Gasteiger partial charge in [-0.1, -0.05) is 6.08 Å². The summed E-state index contributed by atoms with van der Waals surface area (Å²) in [5, 5.41) is 0.186. The van der Waals surface area contributed by atoms with Crippen molar-refractivity contribution in [2.75, 3.05) is 0 Å². The lowest BCUT2D eigenvalue weighted by Gasteiger charge is -2.16. The van der Waals surface area contributed by atoms with Crippen LogP contribution < -0.4 is 0 Å². The molecule has 0 spiro atoms. The van der Waals surface area contributed by atoms with Gasteiger partial charge in [0, 0.05) is 17.6 Å². The molecule has 2 rings (SSSR count). The molecule has 0 saturated heterocycles. The standard InChI is InChI=1S/C7H7NOS/c10-6-1-2-8-3-4-9-7(8)5-6/h1-6,10H. The van der Waals surface area contributed by atoms with Crippen molar-refractivity contribution in [2.45, 2.75) is 5.25 Å². The number of hydrogen-bond acceptors (Lipinski definition) is 3. The Bertz CT molecular complexity index is 232. The third-order valence-electron chi connectivity index (χ3n) is 1.42. The molecule has 0 radical (unpaired) electrons. The predicted molar refractivity (Wildman–Crippen MR) is 42.1 cm³/mol. The van der Waals surface area contributed by atoms with Gasteiger partial charge in [-0.3, -0.25) is 4.90 Å². The smallest absolute Gasteiger partial charge is 0.200 e. The Morgan fingerprint density at radius 3 is 3.30 bits per heavy atom. The lowest BCUT2D eigenvalue weighted by Crippen LogP contribution is -2.11. The Balaban J connectivity index is 2.27. The molecule has 2 nitrogen and oxygen atoms in total. The lowest BCUT2D eigenvalue weighted by atomic mass is 10.3. The van der Waals surface area contributed by atoms with E-state index in [4.69, 9.17) is 4.74 Å². The van der Waals surface area contributed by atoms with Crippen molar-refractivity contribution in [1.82, 2.24) is 4.90 Å². The molecule has 0 aliphatic carbocycles. The number of hydrogen-bond donors (Lipinski definition) is 1. The van der Waals surface area contributed by atoms with E-state index in [-0.39, 0.29) is 5.25 Å². The lowest BCUT2D eigenvalue weighted by molar-refractivity contribution is 0.302. The second-order valence-corrected chi connectivity index (χ2v) is 2.74. The largest absolute Gasteiger partial charge is 0.447 e. The molecule has 52 valence electrons. The van der Waals surface area contributed by atoms with Crippen molar-refractivity contribution in [3.63, 3.8) is 0 Å². The highest BCUT2D eigenvalue weighted by molar-refractivity contribution is 7.81. The van der Waals surface area contributed by atoms with E-state index >= 15 is 0 Å². The summed E-state index contributed by atoms with van der Waals surface area (Å²) < 4.78 is 5.13. The summed E-state index contributed by atoms with van der Waals surface area (Å²) in [5.74, 6) is 0.850. The monoisotopic (exact) mass is 153 g/mol. The number of fused-ring (bicyclic) bond motifs is 1. The average molecular weight is 153 g/mol. The van der Waals surface area contributed by atoms with Crippen LogP contribution in [0.25, 0.3) is 0 Å². The van der Waals surface area contributed by atoms with Gasteiger partial charge in [0.05, 0.1) is 0 Å². The summed E-state index contributed by atoms with van der Waals surface area (Å²) in [4.78, 5) is 1.91. The molecular weight excluding hydrogens is 146 g/mol. The molecule has 0 bridgehead atoms. The maximum Gasteiger partial charge on any atom is 0.200 e. The van der Waals surface area contributed by atoms with Crippen LogP contribution in [0.4, 0.5) is 0 Å². The van der Waals surface area contributed by atoms with Crippen molar-refractivity contribution in [3.8, 4) is 0 Å². The maximum absolute atomic E-state index is 5.13. The minimum absolute atomic E-state index is 0.186. The van der Waals surface area contributed by atoms with Crippen molar-refractivity contribution in [2.24, 2.45) is 0 Å². The van der Waals surface area contributed by atoms with E-state index in [2.05, 4.69) is 12.6 Å². The molecule has 1 atom stereocenters. The fourth-order valence-corrected chi connectivity index (χ4v) is 1.14. The Morgan fingerprint density at radius 2 is 2.40 bits per heavy atom. The number of rotatable bonds is 0. The number of ether oxygens (including phenoxy) is 1. The summed E-state index contributed by atoms with van der Waals surface area (Å²) in [7, 11) is 0. The highest BCUT2D eigenvalue weighted by Gasteiger charge is 2.15. The van der Waals surface area contributed by atoms with Gasteiger partial charge in [-0.2, -0.15) is 12.6 Å². The van der Waals surface area contributed by atoms with Crippen LogP contribution in [0, 0.1) is 0 Å². The van der Waals surface area contributed by atoms with Gasteiger partial charge in [0.25, 0.3) is 0 Å². The first-order valence-electron chi connectivity index (χ1n) is 3.06. The number of thiol groups is 1. The zero-order valence-corrected chi connectivity index (χ0v) is 6.16. The minimum atomic E-state index is 0.186. The molecule has 0 aromatic rings. The molecule has 2 heterocycles. The summed E-state index contributed by atoms with van der Waals surface area (Å²) in [6.07, 6.45) is 9.40. The summed E-state index contributed by atoms with van der Waals surface area (Å²) in [5.41, 5.74) is 0. The second kappa shape index (κ2) is 2.09. The topological polar surface area (TPSA) is 12.5 Å². The molecule has 2 aliphatic heterocycles. The predicted octanol–water partition coefficient (Wildman–Crippen LogP) is 1.46. The van der Waals surface area contributed by atoms with E-state index in [1.807, 2.05) is 29.5 Å². The van der Waals surface area contributed by atoms with Gasteiger partial charge in [0.15, 0.2) is 0 Å². The van der Waals surface area contributed by atoms with Crippen molar-refractivity contribution in [1.29, 1.82) is 0 Å². The third-order valence-corrected chi connectivity index (χ3v) is 1.74. The van der Waals surface area contributed by atoms with Crippen molar-refractivity contribution < 1.29 is 4.74 Å². The Hall–Kier alpha value is -0.830. The molecule has 0 aromatic carbocycles. The van der Waals surface area contributed by atoms with Crippen LogP contribution in [0.15, 0.2) is 36.7 Å². The van der Waals surface area contributed by atoms with E-state index in [1.54, 1.807) is 6.26 Å². The van der Waals surface area contributed by atoms with E-state index in [1.165, 1.54) is 0 Å². The third kappa shape index (κ3) is 0.827. The van der Waals surface area contributed by atoms with Gasteiger partial charge in [-0.15, -0.1) is 0 Å². The average Bonchev–Trinajstić information content (AvgIpc) is 2.33. The number of nitrogens with zero attached hydrogens (tertiary/aromatic N) is 1. The molecule has 0 aromatic heterocycles. The second-order valence-electron chi connectivity index (χ2n) is 2.15. The van der Waals surface area contributed by atoms with E-state index in [0.29, 0.717) is 0 Å². The molecule has 0 saturated carbocycles. The van der Waals surface area contributed by atoms with Crippen LogP contribution in [-0.2, 0) is 4.74 Å². The van der Waals surface area contributed by atoms with Gasteiger partial charge < -0.3 is 4.74 Å². The zero-order valence-electron chi connectivity index (χ0n) is 5.27. The van der Waals surface area contributed by atoms with Crippen molar-refractivity contribution in [3.05, 3.63) is 36.7 Å². The molecule has 3 heteroatoms. The van der Waals surface area contributed by atoms with Crippen LogP contribution in [0.2, 0.25) is 0 Å². The molecule has 0 N–H and O–H groups in total. The summed E-state index contributed by atoms with van der Waals surface area (Å²) in [6, 6.07) is 0. The molecule has 10 heavy (non-hydrogen) atoms. The Labute approximate surface area is 64.9 Å². The fourth-order valence-electron chi connectivity index (χ4n) is 0.931. The van der Waals surface area contributed by atoms with Gasteiger partial charge >= 0.3 is 0 Å². The quantitative estimate of drug-likeness (QED) is 0.529.